The summed E-state index contributed by atoms with van der Waals surface area (Å²) in [6.07, 6.45) is 0. The summed E-state index contributed by atoms with van der Waals surface area (Å²) in [6, 6.07) is 22.3. The number of halogens is 1. The number of aryl methyl sites for hydroxylation is 1. The molecule has 0 aliphatic carbocycles. The number of carbonyl (C=O) groups is 1. The average Bonchev–Trinajstić information content (AvgIpc) is 2.62. The molecule has 0 aliphatic heterocycles. The third-order valence-electron chi connectivity index (χ3n) is 3.71. The molecule has 3 aromatic carbocycles. The number of ether oxygens (including phenoxy) is 1. The Morgan fingerprint density at radius 3 is 2.36 bits per heavy atom. The first-order valence-electron chi connectivity index (χ1n) is 7.97. The van der Waals surface area contributed by atoms with E-state index in [1.807, 2.05) is 43.3 Å². The monoisotopic (exact) mass is 351 g/mol. The Morgan fingerprint density at radius 1 is 0.960 bits per heavy atom. The Bertz CT molecular complexity index is 858. The van der Waals surface area contributed by atoms with E-state index in [4.69, 9.17) is 16.3 Å². The number of nitrogens with one attached hydrogen (secondary N) is 1. The fourth-order valence-corrected chi connectivity index (χ4v) is 2.50. The fourth-order valence-electron chi connectivity index (χ4n) is 2.38. The van der Waals surface area contributed by atoms with Gasteiger partial charge in [-0.25, -0.2) is 0 Å². The lowest BCUT2D eigenvalue weighted by Gasteiger charge is -2.08. The summed E-state index contributed by atoms with van der Waals surface area (Å²) < 4.78 is 5.79. The Hall–Kier alpha value is -2.78. The van der Waals surface area contributed by atoms with E-state index >= 15 is 0 Å². The first-order valence-corrected chi connectivity index (χ1v) is 8.35. The van der Waals surface area contributed by atoms with Crippen LogP contribution < -0.4 is 10.1 Å². The molecule has 0 bridgehead atoms. The van der Waals surface area contributed by atoms with Gasteiger partial charge in [-0.05, 0) is 66.6 Å². The van der Waals surface area contributed by atoms with E-state index in [0.29, 0.717) is 22.9 Å². The van der Waals surface area contributed by atoms with Crippen LogP contribution in [0.1, 0.15) is 21.5 Å². The molecule has 0 heterocycles. The predicted molar refractivity (Wildman–Crippen MR) is 100 cm³/mol. The molecule has 0 aromatic heterocycles. The molecule has 0 saturated carbocycles. The molecular formula is C21H18ClNO2. The highest BCUT2D eigenvalue weighted by Crippen LogP contribution is 2.22. The summed E-state index contributed by atoms with van der Waals surface area (Å²) in [7, 11) is 0. The number of hydrogen-bond donors (Lipinski definition) is 1. The van der Waals surface area contributed by atoms with E-state index in [1.165, 1.54) is 0 Å². The maximum atomic E-state index is 12.2. The molecule has 3 aromatic rings. The van der Waals surface area contributed by atoms with Crippen molar-refractivity contribution in [3.05, 3.63) is 94.5 Å². The number of hydrogen-bond acceptors (Lipinski definition) is 2. The van der Waals surface area contributed by atoms with Gasteiger partial charge in [-0.1, -0.05) is 35.9 Å². The summed E-state index contributed by atoms with van der Waals surface area (Å²) in [5.41, 5.74) is 2.72. The van der Waals surface area contributed by atoms with Gasteiger partial charge >= 0.3 is 0 Å². The summed E-state index contributed by atoms with van der Waals surface area (Å²) in [4.78, 5) is 12.2. The molecule has 25 heavy (non-hydrogen) atoms. The number of benzene rings is 3. The minimum Gasteiger partial charge on any atom is -0.457 e. The lowest BCUT2D eigenvalue weighted by Crippen LogP contribution is -2.22. The van der Waals surface area contributed by atoms with Crippen LogP contribution in [-0.2, 0) is 6.54 Å². The zero-order chi connectivity index (χ0) is 17.6. The SMILES string of the molecule is Cc1cccc(Oc2ccc(C(=O)NCc3ccc(Cl)cc3)cc2)c1. The predicted octanol–water partition coefficient (Wildman–Crippen LogP) is 5.37. The van der Waals surface area contributed by atoms with Gasteiger partial charge < -0.3 is 10.1 Å². The number of amides is 1. The van der Waals surface area contributed by atoms with Crippen molar-refractivity contribution in [2.24, 2.45) is 0 Å². The van der Waals surface area contributed by atoms with Crippen LogP contribution in [0.15, 0.2) is 72.8 Å². The third-order valence-corrected chi connectivity index (χ3v) is 3.96. The van der Waals surface area contributed by atoms with Gasteiger partial charge in [-0.2, -0.15) is 0 Å². The number of rotatable bonds is 5. The van der Waals surface area contributed by atoms with E-state index in [1.54, 1.807) is 36.4 Å². The van der Waals surface area contributed by atoms with Crippen molar-refractivity contribution in [3.8, 4) is 11.5 Å². The number of carbonyl (C=O) groups excluding carboxylic acids is 1. The van der Waals surface area contributed by atoms with Gasteiger partial charge in [-0.3, -0.25) is 4.79 Å². The Labute approximate surface area is 152 Å². The second-order valence-corrected chi connectivity index (χ2v) is 6.19. The van der Waals surface area contributed by atoms with E-state index in [0.717, 1.165) is 16.9 Å². The van der Waals surface area contributed by atoms with Crippen LogP contribution in [0.3, 0.4) is 0 Å². The average molecular weight is 352 g/mol. The lowest BCUT2D eigenvalue weighted by molar-refractivity contribution is 0.0951. The van der Waals surface area contributed by atoms with Crippen LogP contribution in [0.4, 0.5) is 0 Å². The zero-order valence-corrected chi connectivity index (χ0v) is 14.6. The van der Waals surface area contributed by atoms with Crippen LogP contribution in [-0.4, -0.2) is 5.91 Å². The zero-order valence-electron chi connectivity index (χ0n) is 13.8. The highest BCUT2D eigenvalue weighted by atomic mass is 35.5. The van der Waals surface area contributed by atoms with Gasteiger partial charge in [0, 0.05) is 17.1 Å². The van der Waals surface area contributed by atoms with Gasteiger partial charge in [0.2, 0.25) is 0 Å². The maximum Gasteiger partial charge on any atom is 0.251 e. The second-order valence-electron chi connectivity index (χ2n) is 5.75. The maximum absolute atomic E-state index is 12.2. The quantitative estimate of drug-likeness (QED) is 0.671. The van der Waals surface area contributed by atoms with Gasteiger partial charge in [-0.15, -0.1) is 0 Å². The van der Waals surface area contributed by atoms with Gasteiger partial charge in [0.05, 0.1) is 0 Å². The molecule has 0 fully saturated rings. The molecule has 126 valence electrons. The van der Waals surface area contributed by atoms with E-state index < -0.39 is 0 Å². The Morgan fingerprint density at radius 2 is 1.68 bits per heavy atom. The van der Waals surface area contributed by atoms with Crippen molar-refractivity contribution in [1.29, 1.82) is 0 Å². The highest BCUT2D eigenvalue weighted by Gasteiger charge is 2.06. The van der Waals surface area contributed by atoms with Crippen molar-refractivity contribution in [3.63, 3.8) is 0 Å². The van der Waals surface area contributed by atoms with Crippen LogP contribution in [0, 0.1) is 6.92 Å². The van der Waals surface area contributed by atoms with Gasteiger partial charge in [0.25, 0.3) is 5.91 Å². The minimum atomic E-state index is -0.128. The Balaban J connectivity index is 1.59. The minimum absolute atomic E-state index is 0.128. The smallest absolute Gasteiger partial charge is 0.251 e. The summed E-state index contributed by atoms with van der Waals surface area (Å²) in [6.45, 7) is 2.47. The first kappa shape index (κ1) is 17.1. The second kappa shape index (κ2) is 7.86. The summed E-state index contributed by atoms with van der Waals surface area (Å²) in [5.74, 6) is 1.34. The van der Waals surface area contributed by atoms with Crippen LogP contribution >= 0.6 is 11.6 Å². The molecule has 3 nitrogen and oxygen atoms in total. The first-order chi connectivity index (χ1) is 12.1. The molecule has 0 unspecified atom stereocenters. The molecule has 0 spiro atoms. The fraction of sp³-hybridized carbons (Fsp3) is 0.0952. The van der Waals surface area contributed by atoms with E-state index in [9.17, 15) is 4.79 Å². The molecule has 0 atom stereocenters. The molecule has 4 heteroatoms. The van der Waals surface area contributed by atoms with Crippen LogP contribution in [0.5, 0.6) is 11.5 Å². The normalized spacial score (nSPS) is 10.3. The molecular weight excluding hydrogens is 334 g/mol. The third kappa shape index (κ3) is 4.85. The molecule has 0 saturated heterocycles. The van der Waals surface area contributed by atoms with Crippen molar-refractivity contribution in [2.75, 3.05) is 0 Å². The summed E-state index contributed by atoms with van der Waals surface area (Å²) >= 11 is 5.85. The van der Waals surface area contributed by atoms with Crippen molar-refractivity contribution < 1.29 is 9.53 Å². The summed E-state index contributed by atoms with van der Waals surface area (Å²) in [5, 5.41) is 3.57. The highest BCUT2D eigenvalue weighted by molar-refractivity contribution is 6.30. The molecule has 1 amide bonds. The molecule has 1 N–H and O–H groups in total. The Kier molecular flexibility index (Phi) is 5.36. The molecule has 3 rings (SSSR count). The van der Waals surface area contributed by atoms with E-state index in [2.05, 4.69) is 5.32 Å². The molecule has 0 aliphatic rings. The molecule has 0 radical (unpaired) electrons. The van der Waals surface area contributed by atoms with Crippen molar-refractivity contribution in [2.45, 2.75) is 13.5 Å². The standard InChI is InChI=1S/C21H18ClNO2/c1-15-3-2-4-20(13-15)25-19-11-7-17(8-12-19)21(24)23-14-16-5-9-18(22)10-6-16/h2-13H,14H2,1H3,(H,23,24). The topological polar surface area (TPSA) is 38.3 Å². The van der Waals surface area contributed by atoms with Gasteiger partial charge in [0.15, 0.2) is 0 Å². The van der Waals surface area contributed by atoms with Gasteiger partial charge in [0.1, 0.15) is 11.5 Å². The van der Waals surface area contributed by atoms with Crippen molar-refractivity contribution >= 4 is 17.5 Å². The van der Waals surface area contributed by atoms with Crippen LogP contribution in [0.25, 0.3) is 0 Å². The lowest BCUT2D eigenvalue weighted by atomic mass is 10.2. The largest absolute Gasteiger partial charge is 0.457 e. The van der Waals surface area contributed by atoms with E-state index in [-0.39, 0.29) is 5.91 Å². The van der Waals surface area contributed by atoms with Crippen molar-refractivity contribution in [1.82, 2.24) is 5.32 Å². The van der Waals surface area contributed by atoms with Crippen LogP contribution in [0.2, 0.25) is 5.02 Å².